The monoisotopic (exact) mass is 741 g/mol. The quantitative estimate of drug-likeness (QED) is 0.0500. The molecule has 7 N–H and O–H groups in total. The van der Waals surface area contributed by atoms with Crippen LogP contribution < -0.4 is 16.9 Å². The molecule has 4 aromatic heterocycles. The van der Waals surface area contributed by atoms with Crippen LogP contribution >= 0.6 is 23.5 Å². The van der Waals surface area contributed by atoms with E-state index in [0.717, 1.165) is 21.8 Å². The van der Waals surface area contributed by atoms with Crippen LogP contribution in [0.2, 0.25) is 0 Å². The Morgan fingerprint density at radius 1 is 0.673 bits per heavy atom. The molecular formula is C36H29F2N7O5S2. The van der Waals surface area contributed by atoms with Crippen LogP contribution in [-0.4, -0.2) is 58.4 Å². The molecule has 0 unspecified atom stereocenters. The van der Waals surface area contributed by atoms with E-state index in [1.54, 1.807) is 36.7 Å². The van der Waals surface area contributed by atoms with Crippen molar-refractivity contribution in [1.82, 2.24) is 29.9 Å². The number of hydrogen-bond donors (Lipinski definition) is 6. The molecule has 0 saturated heterocycles. The summed E-state index contributed by atoms with van der Waals surface area (Å²) in [6.45, 7) is 0. The second-order valence-electron chi connectivity index (χ2n) is 11.9. The largest absolute Gasteiger partial charge is 0.481 e. The molecule has 8 aromatic rings. The number of benzene rings is 4. The molecule has 0 spiro atoms. The molecule has 0 radical (unpaired) electrons. The van der Waals surface area contributed by atoms with Gasteiger partial charge in [0.1, 0.15) is 11.6 Å². The second-order valence-corrected chi connectivity index (χ2v) is 14.0. The number of hydrogen-bond acceptors (Lipinski definition) is 8. The summed E-state index contributed by atoms with van der Waals surface area (Å²) >= 11 is 2.90. The maximum Gasteiger partial charge on any atom is 0.303 e. The minimum Gasteiger partial charge on any atom is -0.481 e. The van der Waals surface area contributed by atoms with Gasteiger partial charge in [-0.15, -0.1) is 0 Å². The molecule has 12 nitrogen and oxygen atoms in total. The van der Waals surface area contributed by atoms with Crippen LogP contribution in [0.15, 0.2) is 80.8 Å². The number of halogens is 2. The van der Waals surface area contributed by atoms with Gasteiger partial charge in [0.2, 0.25) is 5.91 Å². The third kappa shape index (κ3) is 6.81. The Morgan fingerprint density at radius 3 is 1.58 bits per heavy atom. The smallest absolute Gasteiger partial charge is 0.303 e. The molecule has 0 saturated carbocycles. The van der Waals surface area contributed by atoms with Gasteiger partial charge in [-0.25, -0.2) is 18.7 Å². The summed E-state index contributed by atoms with van der Waals surface area (Å²) in [5, 5.41) is 14.7. The number of rotatable bonds is 10. The SMILES string of the molecule is NC(=O)CCCSc1nc2c3cc[nH]c(=O)c3c3cc(F)ccc3c2[nH]1.O=C(O)CCCSc1nc2c3cc[nH]c(=O)c3c3cc(F)ccc3c2[nH]1. The van der Waals surface area contributed by atoms with Crippen LogP contribution in [0.4, 0.5) is 8.78 Å². The van der Waals surface area contributed by atoms with E-state index in [-0.39, 0.29) is 23.4 Å². The number of amides is 1. The maximum atomic E-state index is 13.8. The van der Waals surface area contributed by atoms with E-state index < -0.39 is 17.6 Å². The summed E-state index contributed by atoms with van der Waals surface area (Å²) < 4.78 is 27.6. The number of imidazole rings is 2. The van der Waals surface area contributed by atoms with Gasteiger partial charge in [-0.2, -0.15) is 0 Å². The predicted molar refractivity (Wildman–Crippen MR) is 200 cm³/mol. The normalized spacial score (nSPS) is 11.6. The van der Waals surface area contributed by atoms with E-state index in [1.807, 2.05) is 0 Å². The lowest BCUT2D eigenvalue weighted by Crippen LogP contribution is -2.09. The molecule has 0 fully saturated rings. The van der Waals surface area contributed by atoms with E-state index in [2.05, 4.69) is 29.9 Å². The van der Waals surface area contributed by atoms with Gasteiger partial charge in [-0.1, -0.05) is 23.5 Å². The molecule has 0 aliphatic heterocycles. The number of carboxylic acid groups (broad SMARTS) is 1. The number of aromatic nitrogens is 6. The number of nitrogens with one attached hydrogen (secondary N) is 4. The molecule has 1 amide bonds. The molecule has 52 heavy (non-hydrogen) atoms. The summed E-state index contributed by atoms with van der Waals surface area (Å²) in [5.74, 6) is -0.668. The number of nitrogens with two attached hydrogens (primary N) is 1. The number of aliphatic carboxylic acids is 1. The highest BCUT2D eigenvalue weighted by Crippen LogP contribution is 2.35. The molecule has 0 bridgehead atoms. The number of thioether (sulfide) groups is 2. The fourth-order valence-electron chi connectivity index (χ4n) is 6.20. The van der Waals surface area contributed by atoms with Crippen LogP contribution in [0.1, 0.15) is 25.7 Å². The summed E-state index contributed by atoms with van der Waals surface area (Å²) in [6.07, 6.45) is 4.72. The number of primary amides is 1. The lowest BCUT2D eigenvalue weighted by molar-refractivity contribution is -0.137. The minimum absolute atomic E-state index is 0.105. The van der Waals surface area contributed by atoms with E-state index in [0.29, 0.717) is 84.4 Å². The zero-order chi connectivity index (χ0) is 36.5. The zero-order valence-corrected chi connectivity index (χ0v) is 28.8. The van der Waals surface area contributed by atoms with Gasteiger partial charge in [0.05, 0.1) is 32.8 Å². The fraction of sp³-hybridized carbons (Fsp3) is 0.167. The van der Waals surface area contributed by atoms with E-state index in [1.165, 1.54) is 47.8 Å². The van der Waals surface area contributed by atoms with Crippen molar-refractivity contribution in [3.8, 4) is 0 Å². The number of pyridine rings is 2. The van der Waals surface area contributed by atoms with Crippen molar-refractivity contribution in [2.45, 2.75) is 36.0 Å². The van der Waals surface area contributed by atoms with Crippen molar-refractivity contribution in [3.05, 3.63) is 93.3 Å². The Kier molecular flexibility index (Phi) is 9.66. The van der Waals surface area contributed by atoms with Crippen LogP contribution in [-0.2, 0) is 9.59 Å². The lowest BCUT2D eigenvalue weighted by Gasteiger charge is -2.05. The van der Waals surface area contributed by atoms with Crippen molar-refractivity contribution in [2.75, 3.05) is 11.5 Å². The molecule has 8 rings (SSSR count). The average Bonchev–Trinajstić information content (AvgIpc) is 3.74. The maximum absolute atomic E-state index is 13.8. The highest BCUT2D eigenvalue weighted by molar-refractivity contribution is 7.99. The Morgan fingerprint density at radius 2 is 1.13 bits per heavy atom. The molecule has 4 heterocycles. The first-order valence-corrected chi connectivity index (χ1v) is 18.1. The fourth-order valence-corrected chi connectivity index (χ4v) is 7.82. The van der Waals surface area contributed by atoms with Crippen molar-refractivity contribution in [2.24, 2.45) is 5.73 Å². The molecular weight excluding hydrogens is 713 g/mol. The predicted octanol–water partition coefficient (Wildman–Crippen LogP) is 6.71. The van der Waals surface area contributed by atoms with Gasteiger partial charge in [0.25, 0.3) is 11.1 Å². The second kappa shape index (κ2) is 14.5. The number of H-pyrrole nitrogens is 4. The summed E-state index contributed by atoms with van der Waals surface area (Å²) in [4.78, 5) is 67.1. The highest BCUT2D eigenvalue weighted by atomic mass is 32.2. The first-order chi connectivity index (χ1) is 25.1. The van der Waals surface area contributed by atoms with Crippen LogP contribution in [0, 0.1) is 11.6 Å². The Labute approximate surface area is 299 Å². The topological polar surface area (TPSA) is 203 Å². The minimum atomic E-state index is -0.826. The number of carbonyl (C=O) groups excluding carboxylic acids is 1. The molecule has 4 aromatic carbocycles. The molecule has 16 heteroatoms. The number of carboxylic acids is 1. The number of carbonyl (C=O) groups is 2. The van der Waals surface area contributed by atoms with Gasteiger partial charge in [0.15, 0.2) is 10.3 Å². The third-order valence-corrected chi connectivity index (χ3v) is 10.3. The van der Waals surface area contributed by atoms with E-state index in [9.17, 15) is 28.0 Å². The standard InChI is InChI=1S/C18H15FN4O2S.C18H14FN3O3S/c19-9-3-4-10-12(8-9)14-11(5-6-21-17(14)25)16-15(10)22-18(23-16)26-7-1-2-13(20)24;19-9-3-4-10-12(8-9)14-11(5-6-20-17(14)25)16-15(10)21-18(22-16)26-7-1-2-13(23)24/h3-6,8H,1-2,7H2,(H2,20,24)(H,21,25)(H,22,23);3-6,8H,1-2,7H2,(H,20,25)(H,21,22)(H,23,24). The number of fused-ring (bicyclic) bond motifs is 12. The van der Waals surface area contributed by atoms with Crippen molar-refractivity contribution in [3.63, 3.8) is 0 Å². The van der Waals surface area contributed by atoms with Gasteiger partial charge < -0.3 is 30.8 Å². The summed E-state index contributed by atoms with van der Waals surface area (Å²) in [6, 6.07) is 12.2. The van der Waals surface area contributed by atoms with Gasteiger partial charge in [0, 0.05) is 69.1 Å². The van der Waals surface area contributed by atoms with Crippen molar-refractivity contribution >= 4 is 101 Å². The van der Waals surface area contributed by atoms with Crippen molar-refractivity contribution in [1.29, 1.82) is 0 Å². The Bertz CT molecular complexity index is 2620. The summed E-state index contributed by atoms with van der Waals surface area (Å²) in [7, 11) is 0. The van der Waals surface area contributed by atoms with Gasteiger partial charge in [-0.05, 0) is 61.4 Å². The summed E-state index contributed by atoms with van der Waals surface area (Å²) in [5.41, 5.74) is 7.39. The van der Waals surface area contributed by atoms with Gasteiger partial charge >= 0.3 is 5.97 Å². The van der Waals surface area contributed by atoms with Crippen LogP contribution in [0.5, 0.6) is 0 Å². The Hall–Kier alpha value is -5.74. The van der Waals surface area contributed by atoms with Crippen molar-refractivity contribution < 1.29 is 23.5 Å². The number of aromatic amines is 4. The molecule has 264 valence electrons. The Balaban J connectivity index is 0.000000162. The molecule has 0 aliphatic rings. The lowest BCUT2D eigenvalue weighted by atomic mass is 10.0. The molecule has 0 atom stereocenters. The first kappa shape index (κ1) is 34.7. The third-order valence-electron chi connectivity index (χ3n) is 8.42. The van der Waals surface area contributed by atoms with E-state index in [4.69, 9.17) is 10.8 Å². The van der Waals surface area contributed by atoms with Gasteiger partial charge in [-0.3, -0.25) is 19.2 Å². The zero-order valence-electron chi connectivity index (χ0n) is 27.1. The number of nitrogens with zero attached hydrogens (tertiary/aromatic N) is 2. The average molecular weight is 742 g/mol. The van der Waals surface area contributed by atoms with E-state index >= 15 is 0 Å². The highest BCUT2D eigenvalue weighted by Gasteiger charge is 2.17. The first-order valence-electron chi connectivity index (χ1n) is 16.1. The van der Waals surface area contributed by atoms with Crippen LogP contribution in [0.25, 0.3) is 65.2 Å². The molecule has 0 aliphatic carbocycles. The van der Waals surface area contributed by atoms with Crippen LogP contribution in [0.3, 0.4) is 0 Å².